The van der Waals surface area contributed by atoms with E-state index in [4.69, 9.17) is 20.9 Å². The minimum absolute atomic E-state index is 0.176. The summed E-state index contributed by atoms with van der Waals surface area (Å²) in [6, 6.07) is 13.9. The number of aliphatic imine (C=N–C) groups is 1. The van der Waals surface area contributed by atoms with Crippen LogP contribution in [-0.4, -0.2) is 44.6 Å². The lowest BCUT2D eigenvalue weighted by Gasteiger charge is -2.27. The van der Waals surface area contributed by atoms with Crippen LogP contribution < -0.4 is 21.1 Å². The third kappa shape index (κ3) is 6.81. The van der Waals surface area contributed by atoms with Crippen LogP contribution in [0.4, 0.5) is 5.69 Å². The van der Waals surface area contributed by atoms with E-state index in [2.05, 4.69) is 4.99 Å². The maximum Gasteiger partial charge on any atom is 0.252 e. The van der Waals surface area contributed by atoms with E-state index in [0.29, 0.717) is 26.1 Å². The van der Waals surface area contributed by atoms with Crippen molar-refractivity contribution in [2.75, 3.05) is 31.8 Å². The molecule has 4 N–H and O–H groups in total. The Balaban J connectivity index is 1.82. The van der Waals surface area contributed by atoms with E-state index < -0.39 is 0 Å². The van der Waals surface area contributed by atoms with Crippen LogP contribution in [0, 0.1) is 5.92 Å². The van der Waals surface area contributed by atoms with E-state index in [9.17, 15) is 9.59 Å². The van der Waals surface area contributed by atoms with Gasteiger partial charge in [0.05, 0.1) is 6.61 Å². The first-order valence-corrected chi connectivity index (χ1v) is 11.7. The number of guanidine groups is 1. The topological polar surface area (TPSA) is 120 Å². The number of hydrogen-bond donors (Lipinski definition) is 2. The molecular weight excluding hydrogens is 432 g/mol. The maximum absolute atomic E-state index is 12.3. The number of nitrogens with zero attached hydrogens (tertiary/aromatic N) is 2. The largest absolute Gasteiger partial charge is 0.493 e. The number of benzene rings is 2. The van der Waals surface area contributed by atoms with E-state index in [0.717, 1.165) is 53.9 Å². The number of ether oxygens (including phenoxy) is 2. The summed E-state index contributed by atoms with van der Waals surface area (Å²) in [5.74, 6) is -0.0407. The zero-order valence-electron chi connectivity index (χ0n) is 20.0. The molecule has 0 aliphatic carbocycles. The van der Waals surface area contributed by atoms with E-state index in [1.54, 1.807) is 14.0 Å². The molecule has 0 aromatic heterocycles. The van der Waals surface area contributed by atoms with Crippen molar-refractivity contribution in [2.45, 2.75) is 39.0 Å². The average molecular weight is 467 g/mol. The Morgan fingerprint density at radius 2 is 1.88 bits per heavy atom. The highest BCUT2D eigenvalue weighted by Crippen LogP contribution is 2.33. The molecule has 2 aromatic carbocycles. The van der Waals surface area contributed by atoms with Gasteiger partial charge in [0.15, 0.2) is 5.96 Å². The van der Waals surface area contributed by atoms with Crippen molar-refractivity contribution in [3.05, 3.63) is 48.0 Å². The number of anilines is 1. The Morgan fingerprint density at radius 1 is 1.12 bits per heavy atom. The van der Waals surface area contributed by atoms with Crippen molar-refractivity contribution in [1.29, 1.82) is 0 Å². The fourth-order valence-corrected chi connectivity index (χ4v) is 4.02. The van der Waals surface area contributed by atoms with Crippen molar-refractivity contribution in [3.8, 4) is 16.9 Å². The van der Waals surface area contributed by atoms with Crippen LogP contribution in [0.5, 0.6) is 5.75 Å². The molecule has 0 spiro atoms. The van der Waals surface area contributed by atoms with E-state index in [-0.39, 0.29) is 23.7 Å². The van der Waals surface area contributed by atoms with Crippen LogP contribution in [0.1, 0.15) is 38.2 Å². The molecule has 1 unspecified atom stereocenters. The third-order valence-corrected chi connectivity index (χ3v) is 5.81. The van der Waals surface area contributed by atoms with Gasteiger partial charge in [-0.15, -0.1) is 0 Å². The fourth-order valence-electron chi connectivity index (χ4n) is 4.02. The molecule has 182 valence electrons. The van der Waals surface area contributed by atoms with Crippen molar-refractivity contribution in [2.24, 2.45) is 22.4 Å². The molecular formula is C26H34N4O4. The first-order valence-electron chi connectivity index (χ1n) is 11.7. The Morgan fingerprint density at radius 3 is 2.56 bits per heavy atom. The molecule has 1 saturated heterocycles. The number of carbonyl (C=O) groups excluding carboxylic acids is 2. The highest BCUT2D eigenvalue weighted by atomic mass is 16.5. The summed E-state index contributed by atoms with van der Waals surface area (Å²) in [5.41, 5.74) is 14.5. The number of amides is 2. The van der Waals surface area contributed by atoms with Crippen LogP contribution in [0.2, 0.25) is 0 Å². The number of nitrogens with two attached hydrogens (primary N) is 2. The predicted octanol–water partition coefficient (Wildman–Crippen LogP) is 3.26. The summed E-state index contributed by atoms with van der Waals surface area (Å²) in [6.07, 6.45) is 3.83. The molecule has 2 amide bonds. The SMILES string of the molecule is COCCCOc1cc(CC(C)C(=O)N=C(N)N)ccc1-c1ccc(N2CCCCC2=O)cc1. The highest BCUT2D eigenvalue weighted by Gasteiger charge is 2.20. The number of hydrogen-bond acceptors (Lipinski definition) is 4. The van der Waals surface area contributed by atoms with Crippen LogP contribution in [-0.2, 0) is 20.7 Å². The minimum atomic E-state index is -0.365. The molecule has 8 heteroatoms. The van der Waals surface area contributed by atoms with E-state index in [1.807, 2.05) is 47.4 Å². The lowest BCUT2D eigenvalue weighted by molar-refractivity contribution is -0.121. The first kappa shape index (κ1) is 25.2. The van der Waals surface area contributed by atoms with Crippen LogP contribution in [0.25, 0.3) is 11.1 Å². The van der Waals surface area contributed by atoms with E-state index >= 15 is 0 Å². The van der Waals surface area contributed by atoms with Gasteiger partial charge < -0.3 is 25.8 Å². The number of rotatable bonds is 10. The molecule has 1 aliphatic rings. The summed E-state index contributed by atoms with van der Waals surface area (Å²) in [5, 5.41) is 0. The fraction of sp³-hybridized carbons (Fsp3) is 0.423. The molecule has 8 nitrogen and oxygen atoms in total. The maximum atomic E-state index is 12.3. The quantitative estimate of drug-likeness (QED) is 0.315. The van der Waals surface area contributed by atoms with Gasteiger partial charge in [-0.2, -0.15) is 4.99 Å². The third-order valence-electron chi connectivity index (χ3n) is 5.81. The Bertz CT molecular complexity index is 1020. The first-order chi connectivity index (χ1) is 16.4. The van der Waals surface area contributed by atoms with Gasteiger partial charge in [-0.1, -0.05) is 31.2 Å². The standard InChI is InChI=1S/C26H34N4O4/c1-18(25(32)29-26(27)28)16-19-7-12-22(23(17-19)34-15-5-14-33-2)20-8-10-21(11-9-20)30-13-4-3-6-24(30)31/h7-12,17-18H,3-6,13-16H2,1-2H3,(H4,27,28,29,32). The summed E-state index contributed by atoms with van der Waals surface area (Å²) in [6.45, 7) is 3.67. The molecule has 0 radical (unpaired) electrons. The second-order valence-corrected chi connectivity index (χ2v) is 8.55. The van der Waals surface area contributed by atoms with Gasteiger partial charge >= 0.3 is 0 Å². The van der Waals surface area contributed by atoms with Crippen LogP contribution in [0.3, 0.4) is 0 Å². The van der Waals surface area contributed by atoms with Crippen molar-refractivity contribution in [1.82, 2.24) is 0 Å². The van der Waals surface area contributed by atoms with Gasteiger partial charge in [0.25, 0.3) is 5.91 Å². The van der Waals surface area contributed by atoms with Crippen LogP contribution >= 0.6 is 0 Å². The normalized spacial score (nSPS) is 14.5. The van der Waals surface area contributed by atoms with Crippen molar-refractivity contribution in [3.63, 3.8) is 0 Å². The monoisotopic (exact) mass is 466 g/mol. The van der Waals surface area contributed by atoms with Crippen LogP contribution in [0.15, 0.2) is 47.5 Å². The van der Waals surface area contributed by atoms with Crippen molar-refractivity contribution >= 4 is 23.5 Å². The molecule has 1 fully saturated rings. The van der Waals surface area contributed by atoms with Crippen molar-refractivity contribution < 1.29 is 19.1 Å². The number of piperidine rings is 1. The molecule has 0 saturated carbocycles. The molecule has 2 aromatic rings. The van der Waals surface area contributed by atoms with Gasteiger partial charge in [0.2, 0.25) is 5.91 Å². The highest BCUT2D eigenvalue weighted by molar-refractivity contribution is 5.94. The number of carbonyl (C=O) groups is 2. The zero-order chi connectivity index (χ0) is 24.5. The smallest absolute Gasteiger partial charge is 0.252 e. The molecule has 1 atom stereocenters. The van der Waals surface area contributed by atoms with Gasteiger partial charge in [-0.05, 0) is 48.6 Å². The summed E-state index contributed by atoms with van der Waals surface area (Å²) in [7, 11) is 1.66. The van der Waals surface area contributed by atoms with E-state index in [1.165, 1.54) is 0 Å². The Labute approximate surface area is 200 Å². The lowest BCUT2D eigenvalue weighted by atomic mass is 9.96. The predicted molar refractivity (Wildman–Crippen MR) is 134 cm³/mol. The Hall–Kier alpha value is -3.39. The summed E-state index contributed by atoms with van der Waals surface area (Å²) < 4.78 is 11.2. The zero-order valence-corrected chi connectivity index (χ0v) is 20.0. The average Bonchev–Trinajstić information content (AvgIpc) is 2.82. The molecule has 0 bridgehead atoms. The molecule has 34 heavy (non-hydrogen) atoms. The van der Waals surface area contributed by atoms with Gasteiger partial charge in [0.1, 0.15) is 5.75 Å². The molecule has 1 heterocycles. The lowest BCUT2D eigenvalue weighted by Crippen LogP contribution is -2.35. The molecule has 3 rings (SSSR count). The number of methoxy groups -OCH3 is 1. The Kier molecular flexibility index (Phi) is 9.04. The second kappa shape index (κ2) is 12.2. The summed E-state index contributed by atoms with van der Waals surface area (Å²) in [4.78, 5) is 29.9. The van der Waals surface area contributed by atoms with Gasteiger partial charge in [0, 0.05) is 50.3 Å². The van der Waals surface area contributed by atoms with Gasteiger partial charge in [-0.25, -0.2) is 0 Å². The summed E-state index contributed by atoms with van der Waals surface area (Å²) >= 11 is 0. The second-order valence-electron chi connectivity index (χ2n) is 8.55. The molecule has 1 aliphatic heterocycles. The minimum Gasteiger partial charge on any atom is -0.493 e. The van der Waals surface area contributed by atoms with Gasteiger partial charge in [-0.3, -0.25) is 9.59 Å².